The molecule has 1 aromatic carbocycles. The molecule has 0 spiro atoms. The SMILES string of the molecule is CCNC(=NCCCNS(=O)(=O)CC)N1CCN(C/C=C/c2ccccc2)CC1. The molecule has 0 amide bonds. The first-order chi connectivity index (χ1) is 14.0. The van der Waals surface area contributed by atoms with Crippen LogP contribution in [0.3, 0.4) is 0 Å². The summed E-state index contributed by atoms with van der Waals surface area (Å²) < 4.78 is 25.5. The van der Waals surface area contributed by atoms with E-state index in [1.807, 2.05) is 6.07 Å². The quantitative estimate of drug-likeness (QED) is 0.341. The lowest BCUT2D eigenvalue weighted by atomic mass is 10.2. The third-order valence-electron chi connectivity index (χ3n) is 4.78. The van der Waals surface area contributed by atoms with Crippen molar-refractivity contribution < 1.29 is 8.42 Å². The van der Waals surface area contributed by atoms with E-state index < -0.39 is 10.0 Å². The molecule has 8 heteroatoms. The highest BCUT2D eigenvalue weighted by atomic mass is 32.2. The molecule has 0 aromatic heterocycles. The van der Waals surface area contributed by atoms with Crippen molar-refractivity contribution in [2.45, 2.75) is 20.3 Å². The van der Waals surface area contributed by atoms with Crippen LogP contribution >= 0.6 is 0 Å². The Labute approximate surface area is 175 Å². The fraction of sp³-hybridized carbons (Fsp3) is 0.571. The van der Waals surface area contributed by atoms with E-state index in [0.717, 1.165) is 45.2 Å². The second-order valence-electron chi connectivity index (χ2n) is 6.99. The van der Waals surface area contributed by atoms with Crippen LogP contribution in [0.2, 0.25) is 0 Å². The number of guanidine groups is 1. The number of hydrogen-bond donors (Lipinski definition) is 2. The molecule has 1 saturated heterocycles. The van der Waals surface area contributed by atoms with Crippen LogP contribution in [0.25, 0.3) is 6.08 Å². The minimum absolute atomic E-state index is 0.115. The number of sulfonamides is 1. The first-order valence-corrected chi connectivity index (χ1v) is 12.1. The van der Waals surface area contributed by atoms with Gasteiger partial charge in [0.05, 0.1) is 5.75 Å². The summed E-state index contributed by atoms with van der Waals surface area (Å²) in [5.41, 5.74) is 1.23. The summed E-state index contributed by atoms with van der Waals surface area (Å²) in [6.45, 7) is 10.4. The Kier molecular flexibility index (Phi) is 10.2. The first-order valence-electron chi connectivity index (χ1n) is 10.5. The molecule has 1 heterocycles. The van der Waals surface area contributed by atoms with E-state index in [0.29, 0.717) is 19.5 Å². The third-order valence-corrected chi connectivity index (χ3v) is 6.18. The van der Waals surface area contributed by atoms with Gasteiger partial charge in [0, 0.05) is 52.4 Å². The smallest absolute Gasteiger partial charge is 0.211 e. The molecule has 1 aliphatic heterocycles. The number of nitrogens with one attached hydrogen (secondary N) is 2. The van der Waals surface area contributed by atoms with Crippen molar-refractivity contribution >= 4 is 22.1 Å². The van der Waals surface area contributed by atoms with E-state index in [1.165, 1.54) is 5.56 Å². The molecular weight excluding hydrogens is 386 g/mol. The van der Waals surface area contributed by atoms with Crippen LogP contribution in [0.1, 0.15) is 25.8 Å². The monoisotopic (exact) mass is 421 g/mol. The number of benzene rings is 1. The van der Waals surface area contributed by atoms with E-state index in [-0.39, 0.29) is 5.75 Å². The van der Waals surface area contributed by atoms with Crippen molar-refractivity contribution in [2.75, 3.05) is 58.1 Å². The van der Waals surface area contributed by atoms with Crippen LogP contribution < -0.4 is 10.0 Å². The van der Waals surface area contributed by atoms with Gasteiger partial charge in [0.2, 0.25) is 10.0 Å². The van der Waals surface area contributed by atoms with Gasteiger partial charge in [0.15, 0.2) is 5.96 Å². The van der Waals surface area contributed by atoms with Crippen molar-refractivity contribution in [1.82, 2.24) is 19.8 Å². The minimum Gasteiger partial charge on any atom is -0.357 e. The Morgan fingerprint density at radius 1 is 1.14 bits per heavy atom. The van der Waals surface area contributed by atoms with Crippen molar-refractivity contribution in [3.8, 4) is 0 Å². The Morgan fingerprint density at radius 3 is 2.52 bits per heavy atom. The summed E-state index contributed by atoms with van der Waals surface area (Å²) in [5, 5.41) is 3.35. The van der Waals surface area contributed by atoms with E-state index >= 15 is 0 Å². The average molecular weight is 422 g/mol. The van der Waals surface area contributed by atoms with Gasteiger partial charge in [-0.1, -0.05) is 42.5 Å². The molecule has 1 aromatic rings. The summed E-state index contributed by atoms with van der Waals surface area (Å²) in [4.78, 5) is 9.41. The molecule has 0 radical (unpaired) electrons. The van der Waals surface area contributed by atoms with Crippen LogP contribution in [-0.2, 0) is 10.0 Å². The van der Waals surface area contributed by atoms with Crippen molar-refractivity contribution in [3.05, 3.63) is 42.0 Å². The van der Waals surface area contributed by atoms with Crippen LogP contribution in [0.15, 0.2) is 41.4 Å². The van der Waals surface area contributed by atoms with Gasteiger partial charge < -0.3 is 10.2 Å². The molecular formula is C21H35N5O2S. The van der Waals surface area contributed by atoms with E-state index in [2.05, 4.69) is 68.2 Å². The molecule has 0 aliphatic carbocycles. The molecule has 0 atom stereocenters. The predicted octanol–water partition coefficient (Wildman–Crippen LogP) is 1.61. The Morgan fingerprint density at radius 2 is 1.86 bits per heavy atom. The number of piperazine rings is 1. The van der Waals surface area contributed by atoms with Gasteiger partial charge in [-0.05, 0) is 25.8 Å². The first kappa shape index (κ1) is 23.4. The largest absolute Gasteiger partial charge is 0.357 e. The molecule has 1 fully saturated rings. The second-order valence-corrected chi connectivity index (χ2v) is 9.08. The topological polar surface area (TPSA) is 77.0 Å². The predicted molar refractivity (Wildman–Crippen MR) is 122 cm³/mol. The standard InChI is InChI=1S/C21H35N5O2S/c1-3-22-21(23-13-9-14-24-29(27,28)4-2)26-18-16-25(17-19-26)15-8-12-20-10-6-5-7-11-20/h5-8,10-12,24H,3-4,9,13-19H2,1-2H3,(H,22,23)/b12-8+. The summed E-state index contributed by atoms with van der Waals surface area (Å²) in [6.07, 6.45) is 5.09. The highest BCUT2D eigenvalue weighted by Crippen LogP contribution is 2.05. The number of nitrogens with zero attached hydrogens (tertiary/aromatic N) is 3. The third kappa shape index (κ3) is 8.97. The zero-order chi connectivity index (χ0) is 21.0. The minimum atomic E-state index is -3.12. The number of aliphatic imine (C=N–C) groups is 1. The zero-order valence-electron chi connectivity index (χ0n) is 17.7. The van der Waals surface area contributed by atoms with Crippen LogP contribution in [0.4, 0.5) is 0 Å². The van der Waals surface area contributed by atoms with Gasteiger partial charge in [-0.15, -0.1) is 0 Å². The van der Waals surface area contributed by atoms with Crippen molar-refractivity contribution in [1.29, 1.82) is 0 Å². The zero-order valence-corrected chi connectivity index (χ0v) is 18.5. The lowest BCUT2D eigenvalue weighted by Crippen LogP contribution is -2.52. The van der Waals surface area contributed by atoms with Crippen molar-refractivity contribution in [2.24, 2.45) is 4.99 Å². The average Bonchev–Trinajstić information content (AvgIpc) is 2.74. The fourth-order valence-electron chi connectivity index (χ4n) is 3.06. The van der Waals surface area contributed by atoms with Gasteiger partial charge in [-0.25, -0.2) is 13.1 Å². The van der Waals surface area contributed by atoms with Crippen LogP contribution in [-0.4, -0.2) is 82.3 Å². The van der Waals surface area contributed by atoms with E-state index in [4.69, 9.17) is 0 Å². The van der Waals surface area contributed by atoms with Gasteiger partial charge in [-0.3, -0.25) is 9.89 Å². The molecule has 2 N–H and O–H groups in total. The molecule has 1 aliphatic rings. The van der Waals surface area contributed by atoms with Gasteiger partial charge >= 0.3 is 0 Å². The molecule has 0 bridgehead atoms. The molecule has 162 valence electrons. The fourth-order valence-corrected chi connectivity index (χ4v) is 3.72. The van der Waals surface area contributed by atoms with Crippen LogP contribution in [0, 0.1) is 0 Å². The molecule has 0 saturated carbocycles. The summed E-state index contributed by atoms with van der Waals surface area (Å²) >= 11 is 0. The Balaban J connectivity index is 1.74. The number of rotatable bonds is 10. The summed E-state index contributed by atoms with van der Waals surface area (Å²) in [6, 6.07) is 10.4. The van der Waals surface area contributed by atoms with Gasteiger partial charge in [-0.2, -0.15) is 0 Å². The Bertz CT molecular complexity index is 742. The molecule has 29 heavy (non-hydrogen) atoms. The highest BCUT2D eigenvalue weighted by molar-refractivity contribution is 7.89. The molecule has 2 rings (SSSR count). The lowest BCUT2D eigenvalue weighted by Gasteiger charge is -2.36. The maximum Gasteiger partial charge on any atom is 0.211 e. The van der Waals surface area contributed by atoms with Crippen LogP contribution in [0.5, 0.6) is 0 Å². The molecule has 0 unspecified atom stereocenters. The second kappa shape index (κ2) is 12.6. The normalized spacial score (nSPS) is 16.5. The van der Waals surface area contributed by atoms with E-state index in [9.17, 15) is 8.42 Å². The maximum absolute atomic E-state index is 11.5. The maximum atomic E-state index is 11.5. The van der Waals surface area contributed by atoms with Gasteiger partial charge in [0.1, 0.15) is 0 Å². The van der Waals surface area contributed by atoms with Crippen molar-refractivity contribution in [3.63, 3.8) is 0 Å². The molecule has 7 nitrogen and oxygen atoms in total. The number of hydrogen-bond acceptors (Lipinski definition) is 4. The Hall–Kier alpha value is -1.90. The van der Waals surface area contributed by atoms with Gasteiger partial charge in [0.25, 0.3) is 0 Å². The van der Waals surface area contributed by atoms with E-state index in [1.54, 1.807) is 6.92 Å². The lowest BCUT2D eigenvalue weighted by molar-refractivity contribution is 0.194. The highest BCUT2D eigenvalue weighted by Gasteiger charge is 2.18. The summed E-state index contributed by atoms with van der Waals surface area (Å²) in [5.74, 6) is 1.04. The summed E-state index contributed by atoms with van der Waals surface area (Å²) in [7, 11) is -3.12.